The number of nitrogens with zero attached hydrogens (tertiary/aromatic N) is 2. The van der Waals surface area contributed by atoms with Gasteiger partial charge in [0.1, 0.15) is 11.4 Å². The van der Waals surface area contributed by atoms with Crippen LogP contribution in [0.4, 0.5) is 0 Å². The summed E-state index contributed by atoms with van der Waals surface area (Å²) in [6, 6.07) is 18.4. The zero-order valence-electron chi connectivity index (χ0n) is 17.6. The molecule has 0 unspecified atom stereocenters. The first kappa shape index (κ1) is 20.6. The van der Waals surface area contributed by atoms with E-state index in [1.165, 1.54) is 11.1 Å². The van der Waals surface area contributed by atoms with E-state index in [4.69, 9.17) is 4.74 Å². The Kier molecular flexibility index (Phi) is 6.16. The summed E-state index contributed by atoms with van der Waals surface area (Å²) in [5.74, 6) is 0.699. The molecule has 0 atom stereocenters. The van der Waals surface area contributed by atoms with Crippen molar-refractivity contribution in [1.82, 2.24) is 14.2 Å². The largest absolute Gasteiger partial charge is 0.496 e. The van der Waals surface area contributed by atoms with Crippen LogP contribution >= 0.6 is 11.9 Å². The third-order valence-corrected chi connectivity index (χ3v) is 6.86. The number of para-hydroxylation sites is 1. The predicted molar refractivity (Wildman–Crippen MR) is 121 cm³/mol. The van der Waals surface area contributed by atoms with Gasteiger partial charge in [-0.05, 0) is 48.6 Å². The Morgan fingerprint density at radius 3 is 2.67 bits per heavy atom. The molecule has 4 rings (SSSR count). The van der Waals surface area contributed by atoms with Crippen LogP contribution in [0.5, 0.6) is 5.75 Å². The molecule has 1 aromatic heterocycles. The number of nitrogens with one attached hydrogen (secondary N) is 1. The van der Waals surface area contributed by atoms with Crippen molar-refractivity contribution in [3.05, 3.63) is 82.7 Å². The monoisotopic (exact) mass is 421 g/mol. The number of carbonyl (C=O) groups excluding carboxylic acids is 1. The third-order valence-electron chi connectivity index (χ3n) is 5.68. The van der Waals surface area contributed by atoms with Crippen LogP contribution in [0, 0.1) is 6.92 Å². The van der Waals surface area contributed by atoms with Gasteiger partial charge in [0.2, 0.25) is 0 Å². The van der Waals surface area contributed by atoms with Gasteiger partial charge in [-0.2, -0.15) is 0 Å². The number of amides is 1. The maximum Gasteiger partial charge on any atom is 0.268 e. The smallest absolute Gasteiger partial charge is 0.268 e. The van der Waals surface area contributed by atoms with Crippen LogP contribution in [0.1, 0.15) is 32.9 Å². The molecule has 1 N–H and O–H groups in total. The minimum absolute atomic E-state index is 0.0812. The Hall–Kier alpha value is -2.70. The second-order valence-electron chi connectivity index (χ2n) is 7.51. The standard InChI is InChI=1S/C24H27N3O2S/c1-17-23(30-27-13-12-18-8-4-5-10-20(18)16-27)14-21(26(17)2)24(28)25-15-19-9-6-7-11-22(19)29-3/h4-11,14H,12-13,15-16H2,1-3H3,(H,25,28). The SMILES string of the molecule is COc1ccccc1CNC(=O)c1cc(SN2CCc3ccccc3C2)c(C)n1C. The summed E-state index contributed by atoms with van der Waals surface area (Å²) in [7, 11) is 3.59. The molecule has 5 nitrogen and oxygen atoms in total. The minimum Gasteiger partial charge on any atom is -0.496 e. The van der Waals surface area contributed by atoms with Crippen LogP contribution < -0.4 is 10.1 Å². The first-order valence-electron chi connectivity index (χ1n) is 10.1. The molecule has 0 bridgehead atoms. The molecular weight excluding hydrogens is 394 g/mol. The van der Waals surface area contributed by atoms with Crippen molar-refractivity contribution in [3.63, 3.8) is 0 Å². The molecule has 6 heteroatoms. The summed E-state index contributed by atoms with van der Waals surface area (Å²) in [5, 5.41) is 3.03. The van der Waals surface area contributed by atoms with E-state index in [1.807, 2.05) is 41.9 Å². The molecule has 0 saturated carbocycles. The first-order chi connectivity index (χ1) is 14.6. The fourth-order valence-electron chi connectivity index (χ4n) is 3.78. The van der Waals surface area contributed by atoms with E-state index in [0.717, 1.165) is 41.4 Å². The van der Waals surface area contributed by atoms with Gasteiger partial charge in [0.25, 0.3) is 5.91 Å². The fraction of sp³-hybridized carbons (Fsp3) is 0.292. The van der Waals surface area contributed by atoms with Crippen molar-refractivity contribution in [1.29, 1.82) is 0 Å². The molecule has 0 saturated heterocycles. The Morgan fingerprint density at radius 1 is 1.13 bits per heavy atom. The van der Waals surface area contributed by atoms with Crippen LogP contribution in [0.2, 0.25) is 0 Å². The molecule has 1 amide bonds. The topological polar surface area (TPSA) is 46.5 Å². The molecule has 0 radical (unpaired) electrons. The number of hydrogen-bond donors (Lipinski definition) is 1. The van der Waals surface area contributed by atoms with Gasteiger partial charge in [-0.1, -0.05) is 42.5 Å². The maximum absolute atomic E-state index is 12.9. The predicted octanol–water partition coefficient (Wildman–Crippen LogP) is 4.34. The molecule has 2 heterocycles. The van der Waals surface area contributed by atoms with Gasteiger partial charge in [0, 0.05) is 42.8 Å². The van der Waals surface area contributed by atoms with Crippen molar-refractivity contribution in [2.24, 2.45) is 7.05 Å². The van der Waals surface area contributed by atoms with Crippen LogP contribution in [-0.2, 0) is 26.6 Å². The summed E-state index contributed by atoms with van der Waals surface area (Å²) >= 11 is 1.74. The molecule has 2 aromatic carbocycles. The van der Waals surface area contributed by atoms with Gasteiger partial charge >= 0.3 is 0 Å². The number of methoxy groups -OCH3 is 1. The number of benzene rings is 2. The van der Waals surface area contributed by atoms with Gasteiger partial charge < -0.3 is 14.6 Å². The summed E-state index contributed by atoms with van der Waals surface area (Å²) in [4.78, 5) is 14.0. The Labute approximate surface area is 182 Å². The molecule has 0 spiro atoms. The van der Waals surface area contributed by atoms with Crippen molar-refractivity contribution in [2.45, 2.75) is 31.3 Å². The molecule has 30 heavy (non-hydrogen) atoms. The van der Waals surface area contributed by atoms with Crippen molar-refractivity contribution >= 4 is 17.9 Å². The highest BCUT2D eigenvalue weighted by atomic mass is 32.2. The minimum atomic E-state index is -0.0812. The lowest BCUT2D eigenvalue weighted by Crippen LogP contribution is -2.25. The fourth-order valence-corrected chi connectivity index (χ4v) is 4.88. The number of ether oxygens (including phenoxy) is 1. The van der Waals surface area contributed by atoms with E-state index in [-0.39, 0.29) is 5.91 Å². The Balaban J connectivity index is 1.44. The number of carbonyl (C=O) groups is 1. The van der Waals surface area contributed by atoms with Crippen molar-refractivity contribution < 1.29 is 9.53 Å². The molecule has 0 fully saturated rings. The lowest BCUT2D eigenvalue weighted by Gasteiger charge is -2.27. The van der Waals surface area contributed by atoms with E-state index in [2.05, 4.69) is 40.8 Å². The summed E-state index contributed by atoms with van der Waals surface area (Å²) in [6.07, 6.45) is 1.06. The first-order valence-corrected chi connectivity index (χ1v) is 10.9. The summed E-state index contributed by atoms with van der Waals surface area (Å²) < 4.78 is 9.72. The maximum atomic E-state index is 12.9. The van der Waals surface area contributed by atoms with Gasteiger partial charge in [-0.25, -0.2) is 4.31 Å². The second-order valence-corrected chi connectivity index (χ2v) is 8.65. The summed E-state index contributed by atoms with van der Waals surface area (Å²) in [5.41, 5.74) is 5.56. The van der Waals surface area contributed by atoms with Crippen LogP contribution in [0.3, 0.4) is 0 Å². The zero-order chi connectivity index (χ0) is 21.1. The summed E-state index contributed by atoms with van der Waals surface area (Å²) in [6.45, 7) is 4.42. The van der Waals surface area contributed by atoms with Crippen LogP contribution in [0.25, 0.3) is 0 Å². The van der Waals surface area contributed by atoms with Gasteiger partial charge in [0.15, 0.2) is 0 Å². The van der Waals surface area contributed by atoms with Crippen LogP contribution in [-0.4, -0.2) is 28.4 Å². The average Bonchev–Trinajstić information content (AvgIpc) is 3.06. The van der Waals surface area contributed by atoms with Gasteiger partial charge in [-0.15, -0.1) is 0 Å². The Bertz CT molecular complexity index is 1060. The van der Waals surface area contributed by atoms with E-state index < -0.39 is 0 Å². The van der Waals surface area contributed by atoms with E-state index in [9.17, 15) is 4.79 Å². The normalized spacial score (nSPS) is 13.7. The van der Waals surface area contributed by atoms with Gasteiger partial charge in [-0.3, -0.25) is 4.79 Å². The number of rotatable bonds is 6. The molecular formula is C24H27N3O2S. The second kappa shape index (κ2) is 8.98. The average molecular weight is 422 g/mol. The lowest BCUT2D eigenvalue weighted by molar-refractivity contribution is 0.0942. The highest BCUT2D eigenvalue weighted by Gasteiger charge is 2.21. The highest BCUT2D eigenvalue weighted by Crippen LogP contribution is 2.32. The van der Waals surface area contributed by atoms with Gasteiger partial charge in [0.05, 0.1) is 7.11 Å². The number of fused-ring (bicyclic) bond motifs is 1. The molecule has 0 aliphatic carbocycles. The Morgan fingerprint density at radius 2 is 1.87 bits per heavy atom. The molecule has 3 aromatic rings. The van der Waals surface area contributed by atoms with E-state index in [0.29, 0.717) is 12.2 Å². The lowest BCUT2D eigenvalue weighted by atomic mass is 10.0. The molecule has 156 valence electrons. The van der Waals surface area contributed by atoms with E-state index >= 15 is 0 Å². The quantitative estimate of drug-likeness (QED) is 0.602. The zero-order valence-corrected chi connectivity index (χ0v) is 18.5. The van der Waals surface area contributed by atoms with Crippen LogP contribution in [0.15, 0.2) is 59.5 Å². The number of hydrogen-bond acceptors (Lipinski definition) is 4. The molecule has 1 aliphatic heterocycles. The van der Waals surface area contributed by atoms with E-state index in [1.54, 1.807) is 19.1 Å². The molecule has 1 aliphatic rings. The third kappa shape index (κ3) is 4.25. The van der Waals surface area contributed by atoms with Crippen molar-refractivity contribution in [2.75, 3.05) is 13.7 Å². The highest BCUT2D eigenvalue weighted by molar-refractivity contribution is 7.97. The number of aromatic nitrogens is 1. The van der Waals surface area contributed by atoms with Crippen molar-refractivity contribution in [3.8, 4) is 5.75 Å².